The predicted octanol–water partition coefficient (Wildman–Crippen LogP) is 2.49. The zero-order valence-corrected chi connectivity index (χ0v) is 22.6. The Balaban J connectivity index is 4.27. The molecule has 12 nitrogen and oxygen atoms in total. The summed E-state index contributed by atoms with van der Waals surface area (Å²) in [6.07, 6.45) is 2.43. The van der Waals surface area contributed by atoms with Crippen molar-refractivity contribution in [3.63, 3.8) is 0 Å². The van der Waals surface area contributed by atoms with Crippen LogP contribution in [0.1, 0.15) is 54.4 Å². The van der Waals surface area contributed by atoms with Crippen LogP contribution in [0.3, 0.4) is 0 Å². The molecule has 0 fully saturated rings. The molecule has 36 heavy (non-hydrogen) atoms. The maximum absolute atomic E-state index is 11.9. The average molecular weight is 519 g/mol. The summed E-state index contributed by atoms with van der Waals surface area (Å²) in [5, 5.41) is 4.95. The highest BCUT2D eigenvalue weighted by molar-refractivity contribution is 5.81. The second-order valence-corrected chi connectivity index (χ2v) is 9.64. The molecule has 0 aromatic heterocycles. The summed E-state index contributed by atoms with van der Waals surface area (Å²) in [5.41, 5.74) is -1.38. The van der Waals surface area contributed by atoms with Crippen molar-refractivity contribution in [2.75, 3.05) is 40.6 Å². The second kappa shape index (κ2) is 16.7. The van der Waals surface area contributed by atoms with Crippen LogP contribution in [0.4, 0.5) is 9.59 Å². The highest BCUT2D eigenvalue weighted by Crippen LogP contribution is 2.09. The molecule has 0 spiro atoms. The predicted molar refractivity (Wildman–Crippen MR) is 130 cm³/mol. The van der Waals surface area contributed by atoms with Gasteiger partial charge in [-0.2, -0.15) is 0 Å². The summed E-state index contributed by atoms with van der Waals surface area (Å²) in [5.74, 6) is -1.19. The van der Waals surface area contributed by atoms with Crippen molar-refractivity contribution in [2.24, 2.45) is 0 Å². The fourth-order valence-corrected chi connectivity index (χ4v) is 2.52. The van der Waals surface area contributed by atoms with Gasteiger partial charge in [0.15, 0.2) is 0 Å². The molecule has 0 aromatic rings. The van der Waals surface area contributed by atoms with Gasteiger partial charge in [0.05, 0.1) is 27.4 Å². The van der Waals surface area contributed by atoms with Gasteiger partial charge < -0.3 is 39.1 Å². The van der Waals surface area contributed by atoms with E-state index in [1.807, 2.05) is 0 Å². The van der Waals surface area contributed by atoms with Crippen molar-refractivity contribution < 1.29 is 47.6 Å². The van der Waals surface area contributed by atoms with Crippen molar-refractivity contribution in [1.82, 2.24) is 10.6 Å². The number of alkyl carbamates (subject to hydrolysis) is 2. The Morgan fingerprint density at radius 2 is 1.00 bits per heavy atom. The SMILES string of the molecule is COC(=O)[C@H](CCOC/C=C/COCC[C@H](NC(=O)OC(C)(C)C)C(=O)OC)NC(=O)OC(C)(C)C. The normalized spacial score (nSPS) is 13.4. The maximum Gasteiger partial charge on any atom is 0.408 e. The van der Waals surface area contributed by atoms with E-state index in [4.69, 9.17) is 28.4 Å². The summed E-state index contributed by atoms with van der Waals surface area (Å²) >= 11 is 0. The Labute approximate surface area is 213 Å². The quantitative estimate of drug-likeness (QED) is 0.152. The lowest BCUT2D eigenvalue weighted by molar-refractivity contribution is -0.144. The fraction of sp³-hybridized carbons (Fsp3) is 0.750. The highest BCUT2D eigenvalue weighted by Gasteiger charge is 2.26. The number of methoxy groups -OCH3 is 2. The summed E-state index contributed by atoms with van der Waals surface area (Å²) in [6, 6.07) is -1.79. The van der Waals surface area contributed by atoms with Gasteiger partial charge in [0.25, 0.3) is 0 Å². The molecule has 2 amide bonds. The number of esters is 2. The first kappa shape index (κ1) is 33.1. The minimum Gasteiger partial charge on any atom is -0.467 e. The van der Waals surface area contributed by atoms with Gasteiger partial charge in [-0.15, -0.1) is 0 Å². The number of nitrogens with one attached hydrogen (secondary N) is 2. The van der Waals surface area contributed by atoms with Crippen molar-refractivity contribution >= 4 is 24.1 Å². The van der Waals surface area contributed by atoms with E-state index >= 15 is 0 Å². The molecule has 208 valence electrons. The average Bonchev–Trinajstić information content (AvgIpc) is 2.74. The zero-order valence-electron chi connectivity index (χ0n) is 22.6. The molecule has 12 heteroatoms. The largest absolute Gasteiger partial charge is 0.467 e. The minimum absolute atomic E-state index is 0.192. The van der Waals surface area contributed by atoms with E-state index in [0.29, 0.717) is 0 Å². The highest BCUT2D eigenvalue weighted by atomic mass is 16.6. The lowest BCUT2D eigenvalue weighted by Crippen LogP contribution is -2.44. The lowest BCUT2D eigenvalue weighted by Gasteiger charge is -2.22. The van der Waals surface area contributed by atoms with Gasteiger partial charge in [-0.05, 0) is 41.5 Å². The van der Waals surface area contributed by atoms with Crippen LogP contribution in [0.25, 0.3) is 0 Å². The molecule has 0 saturated heterocycles. The van der Waals surface area contributed by atoms with Crippen molar-refractivity contribution in [3.8, 4) is 0 Å². The molecule has 0 saturated carbocycles. The van der Waals surface area contributed by atoms with Crippen molar-refractivity contribution in [3.05, 3.63) is 12.2 Å². The Morgan fingerprint density at radius 3 is 1.28 bits per heavy atom. The van der Waals surface area contributed by atoms with Crippen molar-refractivity contribution in [1.29, 1.82) is 0 Å². The number of carbonyl (C=O) groups excluding carboxylic acids is 4. The molecule has 0 unspecified atom stereocenters. The molecular weight excluding hydrogens is 476 g/mol. The molecule has 0 bridgehead atoms. The standard InChI is InChI=1S/C24H42N2O10/c1-23(2,3)35-21(29)25-17(19(27)31-7)11-15-33-13-9-10-14-34-16-12-18(20(28)32-8)26-22(30)36-24(4,5)6/h9-10,17-18H,11-16H2,1-8H3,(H,25,29)(H,26,30)/b10-9+/t17-,18-/m0/s1. The molecule has 0 rings (SSSR count). The Hall–Kier alpha value is -2.86. The number of ether oxygens (including phenoxy) is 6. The number of hydrogen-bond acceptors (Lipinski definition) is 10. The Bertz CT molecular complexity index is 665. The molecule has 2 N–H and O–H groups in total. The van der Waals surface area contributed by atoms with Gasteiger partial charge in [0, 0.05) is 26.1 Å². The lowest BCUT2D eigenvalue weighted by atomic mass is 10.2. The van der Waals surface area contributed by atoms with Crippen LogP contribution in [0.5, 0.6) is 0 Å². The number of hydrogen-bond donors (Lipinski definition) is 2. The molecule has 0 aliphatic carbocycles. The molecule has 0 heterocycles. The number of amides is 2. The van der Waals surface area contributed by atoms with Crippen LogP contribution >= 0.6 is 0 Å². The molecule has 0 aliphatic heterocycles. The van der Waals surface area contributed by atoms with Gasteiger partial charge in [0.1, 0.15) is 23.3 Å². The van der Waals surface area contributed by atoms with Gasteiger partial charge in [-0.1, -0.05) is 12.2 Å². The van der Waals surface area contributed by atoms with Crippen LogP contribution in [0, 0.1) is 0 Å². The van der Waals surface area contributed by atoms with Crippen LogP contribution in [-0.2, 0) is 38.0 Å². The van der Waals surface area contributed by atoms with Crippen LogP contribution in [0.15, 0.2) is 12.2 Å². The van der Waals surface area contributed by atoms with Crippen molar-refractivity contribution in [2.45, 2.75) is 77.7 Å². The zero-order chi connectivity index (χ0) is 27.8. The van der Waals surface area contributed by atoms with Gasteiger partial charge in [0.2, 0.25) is 0 Å². The second-order valence-electron chi connectivity index (χ2n) is 9.64. The Kier molecular flexibility index (Phi) is 15.4. The summed E-state index contributed by atoms with van der Waals surface area (Å²) in [6.45, 7) is 11.2. The summed E-state index contributed by atoms with van der Waals surface area (Å²) in [7, 11) is 2.47. The fourth-order valence-electron chi connectivity index (χ4n) is 2.52. The van der Waals surface area contributed by atoms with Crippen LogP contribution in [0.2, 0.25) is 0 Å². The first-order valence-electron chi connectivity index (χ1n) is 11.6. The molecular formula is C24H42N2O10. The van der Waals surface area contributed by atoms with E-state index in [1.54, 1.807) is 53.7 Å². The van der Waals surface area contributed by atoms with Gasteiger partial charge in [-0.25, -0.2) is 19.2 Å². The van der Waals surface area contributed by atoms with E-state index in [9.17, 15) is 19.2 Å². The monoisotopic (exact) mass is 518 g/mol. The van der Waals surface area contributed by atoms with Crippen LogP contribution < -0.4 is 10.6 Å². The smallest absolute Gasteiger partial charge is 0.408 e. The van der Waals surface area contributed by atoms with E-state index in [0.717, 1.165) is 0 Å². The van der Waals surface area contributed by atoms with Gasteiger partial charge >= 0.3 is 24.1 Å². The van der Waals surface area contributed by atoms with E-state index < -0.39 is 47.4 Å². The third kappa shape index (κ3) is 17.6. The summed E-state index contributed by atoms with van der Waals surface area (Å²) < 4.78 is 30.6. The van der Waals surface area contributed by atoms with E-state index in [1.165, 1.54) is 14.2 Å². The number of rotatable bonds is 14. The first-order valence-corrected chi connectivity index (χ1v) is 11.6. The van der Waals surface area contributed by atoms with Gasteiger partial charge in [-0.3, -0.25) is 0 Å². The van der Waals surface area contributed by atoms with E-state index in [-0.39, 0.29) is 39.3 Å². The number of carbonyl (C=O) groups is 4. The summed E-state index contributed by atoms with van der Waals surface area (Å²) in [4.78, 5) is 47.5. The molecule has 0 aromatic carbocycles. The van der Waals surface area contributed by atoms with E-state index in [2.05, 4.69) is 10.6 Å². The Morgan fingerprint density at radius 1 is 0.667 bits per heavy atom. The maximum atomic E-state index is 11.9. The molecule has 0 aliphatic rings. The third-order valence-electron chi connectivity index (χ3n) is 4.05. The minimum atomic E-state index is -0.894. The van der Waals surface area contributed by atoms with Crippen LogP contribution in [-0.4, -0.2) is 88.1 Å². The molecule has 2 atom stereocenters. The topological polar surface area (TPSA) is 148 Å². The third-order valence-corrected chi connectivity index (χ3v) is 4.05. The molecule has 0 radical (unpaired) electrons. The first-order chi connectivity index (χ1) is 16.7.